The minimum Gasteiger partial charge on any atom is -0.316 e. The Morgan fingerprint density at radius 1 is 1.27 bits per heavy atom. The molecular formula is C11H21NO2S. The second kappa shape index (κ2) is 4.06. The molecule has 2 rings (SSSR count). The molecular weight excluding hydrogens is 210 g/mol. The predicted molar refractivity (Wildman–Crippen MR) is 61.6 cm³/mol. The van der Waals surface area contributed by atoms with Crippen LogP contribution in [0.3, 0.4) is 0 Å². The third-order valence-electron chi connectivity index (χ3n) is 4.15. The van der Waals surface area contributed by atoms with Crippen molar-refractivity contribution in [3.63, 3.8) is 0 Å². The van der Waals surface area contributed by atoms with Gasteiger partial charge in [0.1, 0.15) is 9.84 Å². The SMILES string of the molecule is CS(=O)(=O)CCC1(C2CCCC2)CNC1. The third-order valence-corrected chi connectivity index (χ3v) is 5.09. The lowest BCUT2D eigenvalue weighted by atomic mass is 9.68. The molecule has 1 N–H and O–H groups in total. The maximum Gasteiger partial charge on any atom is 0.147 e. The fourth-order valence-corrected chi connectivity index (χ4v) is 3.82. The average molecular weight is 231 g/mol. The summed E-state index contributed by atoms with van der Waals surface area (Å²) in [5, 5.41) is 3.32. The van der Waals surface area contributed by atoms with Crippen molar-refractivity contribution in [3.05, 3.63) is 0 Å². The molecule has 0 unspecified atom stereocenters. The zero-order valence-electron chi connectivity index (χ0n) is 9.46. The Bertz CT molecular complexity index is 313. The van der Waals surface area contributed by atoms with Crippen molar-refractivity contribution in [2.75, 3.05) is 25.1 Å². The summed E-state index contributed by atoms with van der Waals surface area (Å²) in [5.74, 6) is 1.14. The van der Waals surface area contributed by atoms with Gasteiger partial charge in [0, 0.05) is 19.3 Å². The van der Waals surface area contributed by atoms with Gasteiger partial charge in [0.2, 0.25) is 0 Å². The van der Waals surface area contributed by atoms with Crippen molar-refractivity contribution in [1.82, 2.24) is 5.32 Å². The summed E-state index contributed by atoms with van der Waals surface area (Å²) in [6, 6.07) is 0. The maximum atomic E-state index is 11.2. The molecule has 0 radical (unpaired) electrons. The standard InChI is InChI=1S/C11H21NO2S/c1-15(13,14)7-6-11(8-12-9-11)10-4-2-3-5-10/h10,12H,2-9H2,1H3. The van der Waals surface area contributed by atoms with E-state index in [4.69, 9.17) is 0 Å². The maximum absolute atomic E-state index is 11.2. The average Bonchev–Trinajstić information content (AvgIpc) is 2.53. The lowest BCUT2D eigenvalue weighted by Gasteiger charge is -2.47. The monoisotopic (exact) mass is 231 g/mol. The van der Waals surface area contributed by atoms with Crippen LogP contribution < -0.4 is 5.32 Å². The smallest absolute Gasteiger partial charge is 0.147 e. The van der Waals surface area contributed by atoms with Gasteiger partial charge in [-0.2, -0.15) is 0 Å². The second-order valence-corrected chi connectivity index (χ2v) is 7.59. The summed E-state index contributed by atoms with van der Waals surface area (Å²) in [6.45, 7) is 2.07. The molecule has 15 heavy (non-hydrogen) atoms. The molecule has 0 bridgehead atoms. The molecule has 2 aliphatic rings. The minimum atomic E-state index is -2.79. The second-order valence-electron chi connectivity index (χ2n) is 5.33. The molecule has 1 aliphatic heterocycles. The summed E-state index contributed by atoms with van der Waals surface area (Å²) in [7, 11) is -2.79. The van der Waals surface area contributed by atoms with Gasteiger partial charge < -0.3 is 5.32 Å². The van der Waals surface area contributed by atoms with Gasteiger partial charge in [-0.05, 0) is 30.6 Å². The van der Waals surface area contributed by atoms with Crippen LogP contribution in [0, 0.1) is 11.3 Å². The van der Waals surface area contributed by atoms with Crippen molar-refractivity contribution >= 4 is 9.84 Å². The molecule has 1 aliphatic carbocycles. The van der Waals surface area contributed by atoms with E-state index in [0.717, 1.165) is 25.4 Å². The van der Waals surface area contributed by atoms with Crippen molar-refractivity contribution in [1.29, 1.82) is 0 Å². The summed E-state index contributed by atoms with van der Waals surface area (Å²) < 4.78 is 22.4. The lowest BCUT2D eigenvalue weighted by Crippen LogP contribution is -2.57. The van der Waals surface area contributed by atoms with E-state index in [1.807, 2.05) is 0 Å². The Morgan fingerprint density at radius 2 is 1.87 bits per heavy atom. The molecule has 3 nitrogen and oxygen atoms in total. The van der Waals surface area contributed by atoms with Crippen LogP contribution in [0.1, 0.15) is 32.1 Å². The van der Waals surface area contributed by atoms with Gasteiger partial charge in [0.15, 0.2) is 0 Å². The van der Waals surface area contributed by atoms with Gasteiger partial charge in [-0.25, -0.2) is 8.42 Å². The number of rotatable bonds is 4. The molecule has 0 aromatic carbocycles. The Kier molecular flexibility index (Phi) is 3.08. The first-order valence-corrected chi connectivity index (χ1v) is 7.96. The highest BCUT2D eigenvalue weighted by atomic mass is 32.2. The van der Waals surface area contributed by atoms with E-state index in [2.05, 4.69) is 5.32 Å². The number of hydrogen-bond donors (Lipinski definition) is 1. The van der Waals surface area contributed by atoms with Crippen LogP contribution in [0.2, 0.25) is 0 Å². The molecule has 88 valence electrons. The van der Waals surface area contributed by atoms with E-state index in [1.54, 1.807) is 0 Å². The summed E-state index contributed by atoms with van der Waals surface area (Å²) in [5.41, 5.74) is 0.319. The topological polar surface area (TPSA) is 46.2 Å². The van der Waals surface area contributed by atoms with E-state index < -0.39 is 9.84 Å². The minimum absolute atomic E-state index is 0.319. The lowest BCUT2D eigenvalue weighted by molar-refractivity contribution is 0.0770. The third kappa shape index (κ3) is 2.53. The number of nitrogens with one attached hydrogen (secondary N) is 1. The number of hydrogen-bond acceptors (Lipinski definition) is 3. The van der Waals surface area contributed by atoms with Crippen molar-refractivity contribution in [2.24, 2.45) is 11.3 Å². The van der Waals surface area contributed by atoms with E-state index in [1.165, 1.54) is 31.9 Å². The first-order chi connectivity index (χ1) is 7.02. The quantitative estimate of drug-likeness (QED) is 0.791. The largest absolute Gasteiger partial charge is 0.316 e. The fourth-order valence-electron chi connectivity index (χ4n) is 3.04. The van der Waals surface area contributed by atoms with Gasteiger partial charge in [-0.1, -0.05) is 12.8 Å². The first-order valence-electron chi connectivity index (χ1n) is 5.90. The van der Waals surface area contributed by atoms with Crippen LogP contribution in [0.15, 0.2) is 0 Å². The van der Waals surface area contributed by atoms with E-state index in [-0.39, 0.29) is 0 Å². The first kappa shape index (κ1) is 11.4. The highest BCUT2D eigenvalue weighted by molar-refractivity contribution is 7.90. The molecule has 0 spiro atoms. The zero-order chi connectivity index (χ0) is 10.9. The highest BCUT2D eigenvalue weighted by Crippen LogP contribution is 2.45. The molecule has 1 heterocycles. The molecule has 1 saturated heterocycles. The molecule has 0 aromatic heterocycles. The van der Waals surface area contributed by atoms with Gasteiger partial charge in [0.05, 0.1) is 5.75 Å². The number of sulfone groups is 1. The van der Waals surface area contributed by atoms with Crippen LogP contribution in [0.4, 0.5) is 0 Å². The summed E-state index contributed by atoms with van der Waals surface area (Å²) in [4.78, 5) is 0. The Labute approximate surface area is 92.6 Å². The van der Waals surface area contributed by atoms with E-state index in [0.29, 0.717) is 11.2 Å². The molecule has 0 atom stereocenters. The van der Waals surface area contributed by atoms with Gasteiger partial charge >= 0.3 is 0 Å². The molecule has 0 aromatic rings. The molecule has 1 saturated carbocycles. The van der Waals surface area contributed by atoms with E-state index in [9.17, 15) is 8.42 Å². The van der Waals surface area contributed by atoms with Crippen LogP contribution >= 0.6 is 0 Å². The van der Waals surface area contributed by atoms with Gasteiger partial charge in [-0.15, -0.1) is 0 Å². The van der Waals surface area contributed by atoms with Crippen LogP contribution in [0.25, 0.3) is 0 Å². The summed E-state index contributed by atoms with van der Waals surface area (Å²) in [6.07, 6.45) is 7.51. The zero-order valence-corrected chi connectivity index (χ0v) is 10.3. The fraction of sp³-hybridized carbons (Fsp3) is 1.00. The highest BCUT2D eigenvalue weighted by Gasteiger charge is 2.44. The Morgan fingerprint density at radius 3 is 2.27 bits per heavy atom. The van der Waals surface area contributed by atoms with Gasteiger partial charge in [-0.3, -0.25) is 0 Å². The normalized spacial score (nSPS) is 26.5. The van der Waals surface area contributed by atoms with Gasteiger partial charge in [0.25, 0.3) is 0 Å². The predicted octanol–water partition coefficient (Wildman–Crippen LogP) is 1.20. The molecule has 2 fully saturated rings. The van der Waals surface area contributed by atoms with E-state index >= 15 is 0 Å². The van der Waals surface area contributed by atoms with Crippen LogP contribution in [0.5, 0.6) is 0 Å². The van der Waals surface area contributed by atoms with Crippen molar-refractivity contribution in [2.45, 2.75) is 32.1 Å². The molecule has 4 heteroatoms. The summed E-state index contributed by atoms with van der Waals surface area (Å²) >= 11 is 0. The Hall–Kier alpha value is -0.0900. The van der Waals surface area contributed by atoms with Crippen molar-refractivity contribution in [3.8, 4) is 0 Å². The molecule has 0 amide bonds. The van der Waals surface area contributed by atoms with Crippen molar-refractivity contribution < 1.29 is 8.42 Å². The van der Waals surface area contributed by atoms with Crippen LogP contribution in [-0.2, 0) is 9.84 Å². The van der Waals surface area contributed by atoms with Crippen LogP contribution in [-0.4, -0.2) is 33.5 Å². The Balaban J connectivity index is 1.96.